The van der Waals surface area contributed by atoms with Gasteiger partial charge in [0.05, 0.1) is 0 Å². The fraction of sp³-hybridized carbons (Fsp3) is 0.824. The van der Waals surface area contributed by atoms with Gasteiger partial charge in [0.1, 0.15) is 0 Å². The van der Waals surface area contributed by atoms with Crippen LogP contribution in [-0.2, 0) is 4.79 Å². The van der Waals surface area contributed by atoms with Crippen LogP contribution >= 0.6 is 0 Å². The van der Waals surface area contributed by atoms with E-state index < -0.39 is 0 Å². The Bertz CT molecular complexity index is 317. The summed E-state index contributed by atoms with van der Waals surface area (Å²) in [4.78, 5) is 11.3. The number of carbonyl (C=O) groups is 1. The highest BCUT2D eigenvalue weighted by molar-refractivity contribution is 5.90. The number of carbonyl (C=O) groups excluding carboxylic acids is 1. The van der Waals surface area contributed by atoms with Crippen molar-refractivity contribution in [3.8, 4) is 0 Å². The molecule has 2 atom stereocenters. The molecule has 0 aromatic carbocycles. The molecule has 104 valence electrons. The van der Waals surface area contributed by atoms with Crippen molar-refractivity contribution in [2.75, 3.05) is 0 Å². The highest BCUT2D eigenvalue weighted by Gasteiger charge is 2.35. The summed E-state index contributed by atoms with van der Waals surface area (Å²) in [6.07, 6.45) is 8.22. The van der Waals surface area contributed by atoms with Crippen molar-refractivity contribution >= 4 is 5.78 Å². The van der Waals surface area contributed by atoms with Gasteiger partial charge in [0.2, 0.25) is 0 Å². The molecule has 0 amide bonds. The van der Waals surface area contributed by atoms with Gasteiger partial charge in [-0.15, -0.1) is 0 Å². The van der Waals surface area contributed by atoms with Crippen LogP contribution in [0.15, 0.2) is 12.2 Å². The molecule has 1 rings (SSSR count). The Balaban J connectivity index is 2.86. The molecular weight excluding hydrogens is 220 g/mol. The summed E-state index contributed by atoms with van der Waals surface area (Å²) in [5, 5.41) is 0. The van der Waals surface area contributed by atoms with E-state index in [0.717, 1.165) is 12.8 Å². The van der Waals surface area contributed by atoms with Crippen LogP contribution in [0, 0.1) is 22.7 Å². The SMILES string of the molecule is CCC(C)(C)CC(C1C=CC(=O)CC1)C(C)(C)C. The minimum Gasteiger partial charge on any atom is -0.295 e. The Morgan fingerprint density at radius 1 is 1.28 bits per heavy atom. The number of hydrogen-bond donors (Lipinski definition) is 0. The van der Waals surface area contributed by atoms with E-state index in [9.17, 15) is 4.79 Å². The molecule has 2 unspecified atom stereocenters. The van der Waals surface area contributed by atoms with E-state index in [1.165, 1.54) is 12.8 Å². The lowest BCUT2D eigenvalue weighted by atomic mass is 9.64. The zero-order chi connectivity index (χ0) is 14.0. The highest BCUT2D eigenvalue weighted by Crippen LogP contribution is 2.44. The maximum Gasteiger partial charge on any atom is 0.155 e. The average molecular weight is 250 g/mol. The topological polar surface area (TPSA) is 17.1 Å². The van der Waals surface area contributed by atoms with Crippen LogP contribution in [0.25, 0.3) is 0 Å². The van der Waals surface area contributed by atoms with E-state index in [-0.39, 0.29) is 0 Å². The molecule has 0 heterocycles. The van der Waals surface area contributed by atoms with Crippen molar-refractivity contribution in [2.45, 2.75) is 67.2 Å². The van der Waals surface area contributed by atoms with Gasteiger partial charge in [0.15, 0.2) is 5.78 Å². The molecule has 0 N–H and O–H groups in total. The third kappa shape index (κ3) is 4.26. The predicted octanol–water partition coefficient (Wildman–Crippen LogP) is 5.01. The molecule has 1 aliphatic carbocycles. The molecule has 0 aromatic rings. The normalized spacial score (nSPS) is 23.2. The summed E-state index contributed by atoms with van der Waals surface area (Å²) >= 11 is 0. The Hall–Kier alpha value is -0.590. The maximum absolute atomic E-state index is 11.3. The van der Waals surface area contributed by atoms with E-state index in [2.05, 4.69) is 47.6 Å². The maximum atomic E-state index is 11.3. The summed E-state index contributed by atoms with van der Waals surface area (Å²) in [6, 6.07) is 0. The largest absolute Gasteiger partial charge is 0.295 e. The standard InChI is InChI=1S/C17H30O/c1-7-17(5,6)12-15(16(2,3)4)13-8-10-14(18)11-9-13/h8,10,13,15H,7,9,11-12H2,1-6H3. The van der Waals surface area contributed by atoms with Crippen LogP contribution in [-0.4, -0.2) is 5.78 Å². The monoisotopic (exact) mass is 250 g/mol. The van der Waals surface area contributed by atoms with Crippen LogP contribution in [0.2, 0.25) is 0 Å². The second-order valence-electron chi connectivity index (χ2n) is 7.72. The number of ketones is 1. The van der Waals surface area contributed by atoms with Crippen LogP contribution in [0.5, 0.6) is 0 Å². The fourth-order valence-corrected chi connectivity index (χ4v) is 2.89. The molecule has 1 aliphatic rings. The third-order valence-corrected chi connectivity index (χ3v) is 4.61. The predicted molar refractivity (Wildman–Crippen MR) is 78.5 cm³/mol. The second kappa shape index (κ2) is 5.59. The number of allylic oxidation sites excluding steroid dienone is 2. The molecule has 18 heavy (non-hydrogen) atoms. The zero-order valence-electron chi connectivity index (χ0n) is 13.0. The van der Waals surface area contributed by atoms with E-state index in [0.29, 0.717) is 28.4 Å². The van der Waals surface area contributed by atoms with Crippen LogP contribution in [0.1, 0.15) is 67.2 Å². The van der Waals surface area contributed by atoms with Crippen molar-refractivity contribution in [1.82, 2.24) is 0 Å². The first-order chi connectivity index (χ1) is 8.15. The lowest BCUT2D eigenvalue weighted by Crippen LogP contribution is -2.33. The summed E-state index contributed by atoms with van der Waals surface area (Å²) in [6.45, 7) is 14.0. The molecule has 0 aliphatic heterocycles. The summed E-state index contributed by atoms with van der Waals surface area (Å²) in [5.41, 5.74) is 0.703. The second-order valence-corrected chi connectivity index (χ2v) is 7.72. The average Bonchev–Trinajstić information content (AvgIpc) is 2.26. The lowest BCUT2D eigenvalue weighted by Gasteiger charge is -2.41. The van der Waals surface area contributed by atoms with Crippen molar-refractivity contribution in [1.29, 1.82) is 0 Å². The van der Waals surface area contributed by atoms with E-state index >= 15 is 0 Å². The van der Waals surface area contributed by atoms with Crippen LogP contribution in [0.4, 0.5) is 0 Å². The van der Waals surface area contributed by atoms with Gasteiger partial charge in [-0.05, 0) is 41.6 Å². The van der Waals surface area contributed by atoms with E-state index in [1.807, 2.05) is 6.08 Å². The molecule has 0 radical (unpaired) electrons. The van der Waals surface area contributed by atoms with Crippen LogP contribution < -0.4 is 0 Å². The molecule has 0 aromatic heterocycles. The van der Waals surface area contributed by atoms with Gasteiger partial charge in [0.25, 0.3) is 0 Å². The molecule has 1 heteroatoms. The Morgan fingerprint density at radius 2 is 1.89 bits per heavy atom. The zero-order valence-corrected chi connectivity index (χ0v) is 13.0. The van der Waals surface area contributed by atoms with E-state index in [1.54, 1.807) is 0 Å². The van der Waals surface area contributed by atoms with Gasteiger partial charge in [-0.2, -0.15) is 0 Å². The summed E-state index contributed by atoms with van der Waals surface area (Å²) in [5.74, 6) is 1.54. The number of hydrogen-bond acceptors (Lipinski definition) is 1. The van der Waals surface area contributed by atoms with Gasteiger partial charge < -0.3 is 0 Å². The van der Waals surface area contributed by atoms with Gasteiger partial charge in [-0.1, -0.05) is 54.0 Å². The molecule has 0 bridgehead atoms. The molecule has 0 spiro atoms. The van der Waals surface area contributed by atoms with E-state index in [4.69, 9.17) is 0 Å². The summed E-state index contributed by atoms with van der Waals surface area (Å²) < 4.78 is 0. The molecular formula is C17H30O. The van der Waals surface area contributed by atoms with Crippen LogP contribution in [0.3, 0.4) is 0 Å². The first kappa shape index (κ1) is 15.5. The molecule has 0 saturated heterocycles. The van der Waals surface area contributed by atoms with Crippen molar-refractivity contribution in [2.24, 2.45) is 22.7 Å². The Kier molecular flexibility index (Phi) is 4.80. The molecule has 1 nitrogen and oxygen atoms in total. The minimum atomic E-state index is 0.300. The third-order valence-electron chi connectivity index (χ3n) is 4.61. The van der Waals surface area contributed by atoms with Gasteiger partial charge in [-0.25, -0.2) is 0 Å². The summed E-state index contributed by atoms with van der Waals surface area (Å²) in [7, 11) is 0. The Labute approximate surface area is 113 Å². The smallest absolute Gasteiger partial charge is 0.155 e. The van der Waals surface area contributed by atoms with Crippen molar-refractivity contribution in [3.05, 3.63) is 12.2 Å². The highest BCUT2D eigenvalue weighted by atomic mass is 16.1. The lowest BCUT2D eigenvalue weighted by molar-refractivity contribution is -0.115. The van der Waals surface area contributed by atoms with Gasteiger partial charge >= 0.3 is 0 Å². The number of rotatable bonds is 4. The molecule has 0 saturated carbocycles. The quantitative estimate of drug-likeness (QED) is 0.685. The first-order valence-corrected chi connectivity index (χ1v) is 7.37. The molecule has 0 fully saturated rings. The Morgan fingerprint density at radius 3 is 2.28 bits per heavy atom. The van der Waals surface area contributed by atoms with Gasteiger partial charge in [-0.3, -0.25) is 4.79 Å². The van der Waals surface area contributed by atoms with Gasteiger partial charge in [0, 0.05) is 6.42 Å². The fourth-order valence-electron chi connectivity index (χ4n) is 2.89. The minimum absolute atomic E-state index is 0.300. The van der Waals surface area contributed by atoms with Crippen molar-refractivity contribution in [3.63, 3.8) is 0 Å². The van der Waals surface area contributed by atoms with Crippen molar-refractivity contribution < 1.29 is 4.79 Å². The first-order valence-electron chi connectivity index (χ1n) is 7.37.